The van der Waals surface area contributed by atoms with Crippen LogP contribution in [-0.2, 0) is 4.74 Å². The molecule has 4 rings (SSSR count). The molecule has 2 fully saturated rings. The Kier molecular flexibility index (Phi) is 3.78. The highest BCUT2D eigenvalue weighted by Gasteiger charge is 2.46. The average Bonchev–Trinajstić information content (AvgIpc) is 2.95. The average molecular weight is 316 g/mol. The number of nitrogens with zero attached hydrogens (tertiary/aromatic N) is 4. The lowest BCUT2D eigenvalue weighted by atomic mass is 10.0. The zero-order chi connectivity index (χ0) is 15.6. The second-order valence-electron chi connectivity index (χ2n) is 5.72. The maximum atomic E-state index is 13.1. The van der Waals surface area contributed by atoms with E-state index in [-0.39, 0.29) is 18.2 Å². The van der Waals surface area contributed by atoms with Gasteiger partial charge in [-0.15, -0.1) is 0 Å². The molecule has 2 aliphatic rings. The van der Waals surface area contributed by atoms with Crippen LogP contribution in [0.2, 0.25) is 0 Å². The van der Waals surface area contributed by atoms with Crippen LogP contribution >= 0.6 is 0 Å². The molecule has 0 N–H and O–H groups in total. The lowest BCUT2D eigenvalue weighted by molar-refractivity contribution is -0.0372. The molecule has 2 aromatic heterocycles. The van der Waals surface area contributed by atoms with Gasteiger partial charge in [-0.05, 0) is 18.9 Å². The lowest BCUT2D eigenvalue weighted by Gasteiger charge is -2.31. The van der Waals surface area contributed by atoms with Gasteiger partial charge in [0.05, 0.1) is 25.0 Å². The molecule has 0 aromatic carbocycles. The molecule has 0 bridgehead atoms. The SMILES string of the molecule is Fc1cnc(N2C[C@H](Oc3ccccn3)[C@@H]3OCCC[C@@H]32)nc1. The first-order valence-electron chi connectivity index (χ1n) is 7.75. The number of hydrogen-bond acceptors (Lipinski definition) is 6. The van der Waals surface area contributed by atoms with Crippen molar-refractivity contribution in [1.29, 1.82) is 0 Å². The van der Waals surface area contributed by atoms with E-state index in [2.05, 4.69) is 19.9 Å². The maximum Gasteiger partial charge on any atom is 0.225 e. The molecule has 120 valence electrons. The van der Waals surface area contributed by atoms with Crippen LogP contribution in [0.3, 0.4) is 0 Å². The molecule has 0 spiro atoms. The topological polar surface area (TPSA) is 60.4 Å². The van der Waals surface area contributed by atoms with Crippen molar-refractivity contribution in [2.24, 2.45) is 0 Å². The third-order valence-electron chi connectivity index (χ3n) is 4.25. The van der Waals surface area contributed by atoms with Gasteiger partial charge >= 0.3 is 0 Å². The number of ether oxygens (including phenoxy) is 2. The lowest BCUT2D eigenvalue weighted by Crippen LogP contribution is -2.43. The largest absolute Gasteiger partial charge is 0.470 e. The fourth-order valence-corrected chi connectivity index (χ4v) is 3.27. The molecule has 6 nitrogen and oxygen atoms in total. The van der Waals surface area contributed by atoms with Gasteiger partial charge in [-0.2, -0.15) is 0 Å². The monoisotopic (exact) mass is 316 g/mol. The van der Waals surface area contributed by atoms with Crippen LogP contribution < -0.4 is 9.64 Å². The maximum absolute atomic E-state index is 13.1. The molecule has 2 aromatic rings. The standard InChI is InChI=1S/C16H17FN4O2/c17-11-8-19-16(20-9-11)21-10-13(15-12(21)4-3-7-22-15)23-14-5-1-2-6-18-14/h1-2,5-6,8-9,12-13,15H,3-4,7,10H2/t12-,13-,15+/m0/s1. The summed E-state index contributed by atoms with van der Waals surface area (Å²) in [5.41, 5.74) is 0. The molecule has 0 unspecified atom stereocenters. The number of pyridine rings is 1. The summed E-state index contributed by atoms with van der Waals surface area (Å²) in [5.74, 6) is 0.650. The summed E-state index contributed by atoms with van der Waals surface area (Å²) in [5, 5.41) is 0. The minimum Gasteiger partial charge on any atom is -0.470 e. The Morgan fingerprint density at radius 3 is 2.87 bits per heavy atom. The Hall–Kier alpha value is -2.28. The Labute approximate surface area is 133 Å². The van der Waals surface area contributed by atoms with Crippen molar-refractivity contribution < 1.29 is 13.9 Å². The molecule has 3 atom stereocenters. The number of hydrogen-bond donors (Lipinski definition) is 0. The zero-order valence-electron chi connectivity index (χ0n) is 12.5. The summed E-state index contributed by atoms with van der Waals surface area (Å²) >= 11 is 0. The van der Waals surface area contributed by atoms with E-state index in [4.69, 9.17) is 9.47 Å². The summed E-state index contributed by atoms with van der Waals surface area (Å²) in [6, 6.07) is 5.70. The Balaban J connectivity index is 1.58. The molecule has 2 aliphatic heterocycles. The quantitative estimate of drug-likeness (QED) is 0.861. The van der Waals surface area contributed by atoms with E-state index in [1.165, 1.54) is 12.4 Å². The number of aromatic nitrogens is 3. The van der Waals surface area contributed by atoms with Crippen molar-refractivity contribution in [1.82, 2.24) is 15.0 Å². The fourth-order valence-electron chi connectivity index (χ4n) is 3.27. The molecule has 2 saturated heterocycles. The van der Waals surface area contributed by atoms with E-state index in [9.17, 15) is 4.39 Å². The van der Waals surface area contributed by atoms with Gasteiger partial charge in [0.2, 0.25) is 11.8 Å². The normalized spacial score (nSPS) is 26.8. The summed E-state index contributed by atoms with van der Waals surface area (Å²) in [7, 11) is 0. The fraction of sp³-hybridized carbons (Fsp3) is 0.438. The summed E-state index contributed by atoms with van der Waals surface area (Å²) in [6.45, 7) is 1.32. The number of halogens is 1. The third-order valence-corrected chi connectivity index (χ3v) is 4.25. The van der Waals surface area contributed by atoms with Crippen LogP contribution in [-0.4, -0.2) is 46.4 Å². The summed E-state index contributed by atoms with van der Waals surface area (Å²) in [6.07, 6.45) is 5.83. The van der Waals surface area contributed by atoms with Gasteiger partial charge in [-0.25, -0.2) is 19.3 Å². The second kappa shape index (κ2) is 6.08. The van der Waals surface area contributed by atoms with Crippen molar-refractivity contribution in [3.05, 3.63) is 42.6 Å². The van der Waals surface area contributed by atoms with Gasteiger partial charge in [0, 0.05) is 18.9 Å². The molecule has 4 heterocycles. The van der Waals surface area contributed by atoms with Crippen LogP contribution in [0.5, 0.6) is 5.88 Å². The smallest absolute Gasteiger partial charge is 0.225 e. The van der Waals surface area contributed by atoms with Gasteiger partial charge in [-0.3, -0.25) is 0 Å². The zero-order valence-corrected chi connectivity index (χ0v) is 12.5. The Morgan fingerprint density at radius 1 is 1.22 bits per heavy atom. The molecule has 23 heavy (non-hydrogen) atoms. The number of anilines is 1. The van der Waals surface area contributed by atoms with Crippen molar-refractivity contribution >= 4 is 5.95 Å². The minimum absolute atomic E-state index is 0.0561. The number of fused-ring (bicyclic) bond motifs is 1. The minimum atomic E-state index is -0.439. The second-order valence-corrected chi connectivity index (χ2v) is 5.72. The van der Waals surface area contributed by atoms with Crippen LogP contribution in [0.1, 0.15) is 12.8 Å². The summed E-state index contributed by atoms with van der Waals surface area (Å²) < 4.78 is 25.0. The van der Waals surface area contributed by atoms with Crippen molar-refractivity contribution in [3.63, 3.8) is 0 Å². The van der Waals surface area contributed by atoms with Gasteiger partial charge in [0.15, 0.2) is 5.82 Å². The van der Waals surface area contributed by atoms with E-state index in [1.54, 1.807) is 6.20 Å². The first kappa shape index (κ1) is 14.3. The van der Waals surface area contributed by atoms with E-state index in [0.717, 1.165) is 19.4 Å². The molecule has 0 radical (unpaired) electrons. The van der Waals surface area contributed by atoms with Crippen molar-refractivity contribution in [2.45, 2.75) is 31.1 Å². The molecule has 0 amide bonds. The Bertz CT molecular complexity index is 655. The highest BCUT2D eigenvalue weighted by atomic mass is 19.1. The molecule has 0 saturated carbocycles. The van der Waals surface area contributed by atoms with Crippen LogP contribution in [0.25, 0.3) is 0 Å². The van der Waals surface area contributed by atoms with E-state index in [1.807, 2.05) is 18.2 Å². The van der Waals surface area contributed by atoms with E-state index < -0.39 is 5.82 Å². The molecular weight excluding hydrogens is 299 g/mol. The van der Waals surface area contributed by atoms with Crippen LogP contribution in [0, 0.1) is 5.82 Å². The van der Waals surface area contributed by atoms with Crippen molar-refractivity contribution in [3.8, 4) is 5.88 Å². The van der Waals surface area contributed by atoms with Crippen LogP contribution in [0.4, 0.5) is 10.3 Å². The van der Waals surface area contributed by atoms with Crippen molar-refractivity contribution in [2.75, 3.05) is 18.1 Å². The van der Waals surface area contributed by atoms with E-state index >= 15 is 0 Å². The number of rotatable bonds is 3. The third kappa shape index (κ3) is 2.84. The van der Waals surface area contributed by atoms with Crippen LogP contribution in [0.15, 0.2) is 36.8 Å². The molecule has 7 heteroatoms. The highest BCUT2D eigenvalue weighted by Crippen LogP contribution is 2.33. The summed E-state index contributed by atoms with van der Waals surface area (Å²) in [4.78, 5) is 14.5. The van der Waals surface area contributed by atoms with Gasteiger partial charge in [-0.1, -0.05) is 6.07 Å². The molecular formula is C16H17FN4O2. The van der Waals surface area contributed by atoms with Gasteiger partial charge in [0.25, 0.3) is 0 Å². The molecule has 0 aliphatic carbocycles. The van der Waals surface area contributed by atoms with Gasteiger partial charge < -0.3 is 14.4 Å². The van der Waals surface area contributed by atoms with E-state index in [0.29, 0.717) is 18.4 Å². The first-order valence-corrected chi connectivity index (χ1v) is 7.75. The first-order chi connectivity index (χ1) is 11.3. The van der Waals surface area contributed by atoms with Gasteiger partial charge in [0.1, 0.15) is 12.2 Å². The predicted octanol–water partition coefficient (Wildman–Crippen LogP) is 1.83. The highest BCUT2D eigenvalue weighted by molar-refractivity contribution is 5.36. The predicted molar refractivity (Wildman–Crippen MR) is 80.8 cm³/mol. The Morgan fingerprint density at radius 2 is 2.09 bits per heavy atom.